The molecule has 5 heteroatoms. The van der Waals surface area contributed by atoms with Gasteiger partial charge in [0.05, 0.1) is 29.3 Å². The standard InChI is InChI=1S/C26H23ClN4/c1-19(22-6-2-20(16-28)3-7-22)30-14-15-31(25-12-4-21(17-29)5-13-25)26(18-30)23-8-10-24(27)11-9-23/h2-13,19,26H,14-15,18H2,1H3/t19?,26-/m0/s1. The maximum atomic E-state index is 9.13. The zero-order valence-electron chi connectivity index (χ0n) is 17.4. The monoisotopic (exact) mass is 426 g/mol. The molecule has 3 aromatic carbocycles. The smallest absolute Gasteiger partial charge is 0.0991 e. The maximum absolute atomic E-state index is 9.13. The first kappa shape index (κ1) is 20.9. The van der Waals surface area contributed by atoms with Gasteiger partial charge in [-0.15, -0.1) is 0 Å². The zero-order valence-corrected chi connectivity index (χ0v) is 18.1. The lowest BCUT2D eigenvalue weighted by atomic mass is 9.98. The van der Waals surface area contributed by atoms with E-state index in [1.165, 1.54) is 11.1 Å². The lowest BCUT2D eigenvalue weighted by Crippen LogP contribution is -2.49. The van der Waals surface area contributed by atoms with E-state index < -0.39 is 0 Å². The van der Waals surface area contributed by atoms with Gasteiger partial charge in [-0.3, -0.25) is 4.90 Å². The Bertz CT molecular complexity index is 1110. The van der Waals surface area contributed by atoms with Crippen LogP contribution in [0.4, 0.5) is 5.69 Å². The fraction of sp³-hybridized carbons (Fsp3) is 0.231. The van der Waals surface area contributed by atoms with Crippen LogP contribution in [-0.2, 0) is 0 Å². The molecule has 2 atom stereocenters. The first-order valence-electron chi connectivity index (χ1n) is 10.4. The minimum absolute atomic E-state index is 0.166. The van der Waals surface area contributed by atoms with Crippen LogP contribution in [0.15, 0.2) is 72.8 Å². The van der Waals surface area contributed by atoms with Gasteiger partial charge in [-0.1, -0.05) is 35.9 Å². The summed E-state index contributed by atoms with van der Waals surface area (Å²) in [6, 6.07) is 28.5. The van der Waals surface area contributed by atoms with Crippen molar-refractivity contribution >= 4 is 17.3 Å². The summed E-state index contributed by atoms with van der Waals surface area (Å²) in [5, 5.41) is 18.9. The predicted octanol–water partition coefficient (Wildman–Crippen LogP) is 5.71. The van der Waals surface area contributed by atoms with Crippen LogP contribution in [0.25, 0.3) is 0 Å². The van der Waals surface area contributed by atoms with Crippen LogP contribution in [0.3, 0.4) is 0 Å². The molecule has 1 aliphatic heterocycles. The highest BCUT2D eigenvalue weighted by Gasteiger charge is 2.31. The van der Waals surface area contributed by atoms with E-state index in [2.05, 4.69) is 41.0 Å². The van der Waals surface area contributed by atoms with Gasteiger partial charge in [-0.2, -0.15) is 10.5 Å². The molecule has 4 rings (SSSR count). The second-order valence-corrected chi connectivity index (χ2v) is 8.26. The molecule has 1 unspecified atom stereocenters. The summed E-state index contributed by atoms with van der Waals surface area (Å²) in [4.78, 5) is 4.90. The normalized spacial score (nSPS) is 17.5. The van der Waals surface area contributed by atoms with E-state index in [4.69, 9.17) is 22.1 Å². The summed E-state index contributed by atoms with van der Waals surface area (Å²) in [6.07, 6.45) is 0. The van der Waals surface area contributed by atoms with Crippen molar-refractivity contribution in [2.45, 2.75) is 19.0 Å². The van der Waals surface area contributed by atoms with E-state index in [1.54, 1.807) is 0 Å². The molecule has 1 fully saturated rings. The molecule has 4 nitrogen and oxygen atoms in total. The molecule has 0 amide bonds. The van der Waals surface area contributed by atoms with Crippen LogP contribution in [0.5, 0.6) is 0 Å². The average Bonchev–Trinajstić information content (AvgIpc) is 2.84. The highest BCUT2D eigenvalue weighted by molar-refractivity contribution is 6.30. The van der Waals surface area contributed by atoms with Crippen molar-refractivity contribution < 1.29 is 0 Å². The van der Waals surface area contributed by atoms with Crippen LogP contribution in [0.2, 0.25) is 5.02 Å². The predicted molar refractivity (Wildman–Crippen MR) is 124 cm³/mol. The summed E-state index contributed by atoms with van der Waals surface area (Å²) < 4.78 is 0. The zero-order chi connectivity index (χ0) is 21.8. The van der Waals surface area contributed by atoms with Gasteiger partial charge in [0.15, 0.2) is 0 Å². The summed E-state index contributed by atoms with van der Waals surface area (Å²) >= 11 is 6.14. The first-order valence-corrected chi connectivity index (χ1v) is 10.7. The average molecular weight is 427 g/mol. The number of nitriles is 2. The van der Waals surface area contributed by atoms with Gasteiger partial charge in [-0.25, -0.2) is 0 Å². The van der Waals surface area contributed by atoms with Crippen molar-refractivity contribution in [2.24, 2.45) is 0 Å². The number of anilines is 1. The highest BCUT2D eigenvalue weighted by atomic mass is 35.5. The fourth-order valence-corrected chi connectivity index (χ4v) is 4.34. The Morgan fingerprint density at radius 1 is 0.839 bits per heavy atom. The summed E-state index contributed by atoms with van der Waals surface area (Å²) in [5.74, 6) is 0. The number of hydrogen-bond donors (Lipinski definition) is 0. The van der Waals surface area contributed by atoms with Crippen molar-refractivity contribution in [3.63, 3.8) is 0 Å². The Hall–Kier alpha value is -3.31. The summed E-state index contributed by atoms with van der Waals surface area (Å²) in [6.45, 7) is 4.88. The lowest BCUT2D eigenvalue weighted by molar-refractivity contribution is 0.171. The van der Waals surface area contributed by atoms with E-state index in [1.807, 2.05) is 60.7 Å². The molecule has 0 aliphatic carbocycles. The number of rotatable bonds is 4. The second kappa shape index (κ2) is 9.23. The van der Waals surface area contributed by atoms with Crippen molar-refractivity contribution in [3.05, 3.63) is 100 Å². The van der Waals surface area contributed by atoms with Crippen molar-refractivity contribution in [1.29, 1.82) is 10.5 Å². The first-order chi connectivity index (χ1) is 15.1. The molecular weight excluding hydrogens is 404 g/mol. The molecule has 0 N–H and O–H groups in total. The molecule has 3 aromatic rings. The fourth-order valence-electron chi connectivity index (χ4n) is 4.21. The highest BCUT2D eigenvalue weighted by Crippen LogP contribution is 2.34. The Labute approximate surface area is 188 Å². The quantitative estimate of drug-likeness (QED) is 0.536. The Kier molecular flexibility index (Phi) is 6.23. The Morgan fingerprint density at radius 3 is 2.00 bits per heavy atom. The van der Waals surface area contributed by atoms with E-state index in [-0.39, 0.29) is 12.1 Å². The number of piperazine rings is 1. The van der Waals surface area contributed by atoms with Crippen LogP contribution >= 0.6 is 11.6 Å². The van der Waals surface area contributed by atoms with Gasteiger partial charge >= 0.3 is 0 Å². The molecule has 0 spiro atoms. The van der Waals surface area contributed by atoms with E-state index in [0.717, 1.165) is 30.3 Å². The minimum Gasteiger partial charge on any atom is -0.362 e. The van der Waals surface area contributed by atoms with Gasteiger partial charge in [-0.05, 0) is 66.6 Å². The Balaban J connectivity index is 1.62. The van der Waals surface area contributed by atoms with E-state index >= 15 is 0 Å². The van der Waals surface area contributed by atoms with Crippen molar-refractivity contribution in [3.8, 4) is 12.1 Å². The van der Waals surface area contributed by atoms with Gasteiger partial charge < -0.3 is 4.90 Å². The molecular formula is C26H23ClN4. The van der Waals surface area contributed by atoms with Crippen molar-refractivity contribution in [1.82, 2.24) is 4.90 Å². The van der Waals surface area contributed by atoms with Crippen LogP contribution in [-0.4, -0.2) is 24.5 Å². The van der Waals surface area contributed by atoms with Crippen LogP contribution in [0, 0.1) is 22.7 Å². The summed E-state index contributed by atoms with van der Waals surface area (Å²) in [5.41, 5.74) is 4.89. The molecule has 0 bridgehead atoms. The van der Waals surface area contributed by atoms with Crippen molar-refractivity contribution in [2.75, 3.05) is 24.5 Å². The Morgan fingerprint density at radius 2 is 1.42 bits per heavy atom. The molecule has 1 saturated heterocycles. The second-order valence-electron chi connectivity index (χ2n) is 7.82. The van der Waals surface area contributed by atoms with Gasteiger partial charge in [0.25, 0.3) is 0 Å². The number of halogens is 1. The molecule has 154 valence electrons. The lowest BCUT2D eigenvalue weighted by Gasteiger charge is -2.45. The number of hydrogen-bond acceptors (Lipinski definition) is 4. The van der Waals surface area contributed by atoms with E-state index in [9.17, 15) is 0 Å². The minimum atomic E-state index is 0.166. The maximum Gasteiger partial charge on any atom is 0.0991 e. The molecule has 0 radical (unpaired) electrons. The third kappa shape index (κ3) is 4.57. The third-order valence-corrected chi connectivity index (χ3v) is 6.32. The number of nitrogens with zero attached hydrogens (tertiary/aromatic N) is 4. The summed E-state index contributed by atoms with van der Waals surface area (Å²) in [7, 11) is 0. The SMILES string of the molecule is CC(c1ccc(C#N)cc1)N1CCN(c2ccc(C#N)cc2)[C@H](c2ccc(Cl)cc2)C1. The largest absolute Gasteiger partial charge is 0.362 e. The number of benzene rings is 3. The van der Waals surface area contributed by atoms with Crippen LogP contribution in [0.1, 0.15) is 41.3 Å². The molecule has 1 aliphatic rings. The molecule has 31 heavy (non-hydrogen) atoms. The molecule has 1 heterocycles. The van der Waals surface area contributed by atoms with Gasteiger partial charge in [0, 0.05) is 36.4 Å². The van der Waals surface area contributed by atoms with Crippen LogP contribution < -0.4 is 4.90 Å². The van der Waals surface area contributed by atoms with Gasteiger partial charge in [0.1, 0.15) is 0 Å². The molecule has 0 saturated carbocycles. The topological polar surface area (TPSA) is 54.1 Å². The third-order valence-electron chi connectivity index (χ3n) is 6.06. The van der Waals surface area contributed by atoms with Gasteiger partial charge in [0.2, 0.25) is 0 Å². The molecule has 0 aromatic heterocycles. The van der Waals surface area contributed by atoms with E-state index in [0.29, 0.717) is 11.1 Å².